The number of carbonyl (C=O) groups excluding carboxylic acids is 1. The number of carboxylic acids is 1. The van der Waals surface area contributed by atoms with E-state index in [1.807, 2.05) is 0 Å². The fourth-order valence-electron chi connectivity index (χ4n) is 12.8. The Morgan fingerprint density at radius 2 is 1.62 bits per heavy atom. The Morgan fingerprint density at radius 1 is 0.938 bits per heavy atom. The first-order valence-corrected chi connectivity index (χ1v) is 18.4. The minimum absolute atomic E-state index is 0.0120. The standard InChI is InChI=1S/C38H61NO9/c1-20(41)39-28-30(44)29(43)23(19-40)47-31(28)48-27-12-13-35(6)24(34(27,4)5)11-14-37(8)25(35)10-9-21-22-17-33(2,3)18-26(42)38(22,32(45)46)16-15-36(21,37)7/h9,22-31,40,42-44H,10-19H2,1-8H3,(H,39,41)(H,45,46)/t22-,23-,24?,25-,26?,27?,28-,29-,30-,31+,35+,36-,37-,38+/m1/s1. The number of aliphatic hydroxyl groups is 4. The van der Waals surface area contributed by atoms with Crippen molar-refractivity contribution in [3.8, 4) is 0 Å². The van der Waals surface area contributed by atoms with Crippen LogP contribution >= 0.6 is 0 Å². The maximum Gasteiger partial charge on any atom is 0.312 e. The highest BCUT2D eigenvalue weighted by Gasteiger charge is 2.71. The lowest BCUT2D eigenvalue weighted by Gasteiger charge is -2.71. The van der Waals surface area contributed by atoms with Crippen LogP contribution in [0.5, 0.6) is 0 Å². The van der Waals surface area contributed by atoms with E-state index in [9.17, 15) is 35.1 Å². The van der Waals surface area contributed by atoms with E-state index < -0.39 is 54.7 Å². The molecule has 1 heterocycles. The van der Waals surface area contributed by atoms with E-state index in [1.165, 1.54) is 12.5 Å². The molecule has 4 saturated carbocycles. The Hall–Kier alpha value is -1.56. The van der Waals surface area contributed by atoms with Crippen LogP contribution in [0.15, 0.2) is 11.6 Å². The number of amides is 1. The summed E-state index contributed by atoms with van der Waals surface area (Å²) in [6.45, 7) is 17.0. The van der Waals surface area contributed by atoms with Crippen LogP contribution in [0, 0.1) is 50.2 Å². The quantitative estimate of drug-likeness (QED) is 0.185. The van der Waals surface area contributed by atoms with Gasteiger partial charge in [-0.15, -0.1) is 0 Å². The van der Waals surface area contributed by atoms with Gasteiger partial charge in [-0.05, 0) is 103 Å². The molecule has 0 aromatic heterocycles. The molecule has 5 aliphatic carbocycles. The third kappa shape index (κ3) is 5.01. The first-order valence-electron chi connectivity index (χ1n) is 18.4. The van der Waals surface area contributed by atoms with E-state index in [-0.39, 0.29) is 45.0 Å². The third-order valence-electron chi connectivity index (χ3n) is 15.5. The van der Waals surface area contributed by atoms with Crippen molar-refractivity contribution in [1.82, 2.24) is 5.32 Å². The molecule has 10 heteroatoms. The number of allylic oxidation sites excluding steroid dienone is 2. The number of fused-ring (bicyclic) bond motifs is 7. The van der Waals surface area contributed by atoms with Crippen LogP contribution < -0.4 is 5.32 Å². The molecule has 6 aliphatic rings. The Balaban J connectivity index is 1.30. The predicted molar refractivity (Wildman–Crippen MR) is 178 cm³/mol. The van der Waals surface area contributed by atoms with E-state index in [2.05, 4.69) is 59.9 Å². The van der Waals surface area contributed by atoms with E-state index in [0.29, 0.717) is 24.7 Å². The molecular formula is C38H61NO9. The molecule has 0 bridgehead atoms. The first-order chi connectivity index (χ1) is 22.2. The van der Waals surface area contributed by atoms with Gasteiger partial charge in [-0.1, -0.05) is 60.1 Å². The zero-order valence-corrected chi connectivity index (χ0v) is 30.3. The number of hydrogen-bond acceptors (Lipinski definition) is 8. The van der Waals surface area contributed by atoms with Crippen molar-refractivity contribution in [2.24, 2.45) is 50.2 Å². The van der Waals surface area contributed by atoms with Gasteiger partial charge in [-0.25, -0.2) is 0 Å². The van der Waals surface area contributed by atoms with Gasteiger partial charge in [-0.3, -0.25) is 9.59 Å². The van der Waals surface area contributed by atoms with Gasteiger partial charge in [0.1, 0.15) is 29.8 Å². The number of ether oxygens (including phenoxy) is 2. The predicted octanol–water partition coefficient (Wildman–Crippen LogP) is 4.17. The minimum atomic E-state index is -1.36. The molecule has 14 atom stereocenters. The molecule has 10 nitrogen and oxygen atoms in total. The summed E-state index contributed by atoms with van der Waals surface area (Å²) in [5.41, 5.74) is -0.506. The fourth-order valence-corrected chi connectivity index (χ4v) is 12.8. The molecule has 1 saturated heterocycles. The summed E-state index contributed by atoms with van der Waals surface area (Å²) in [4.78, 5) is 25.1. The highest BCUT2D eigenvalue weighted by atomic mass is 16.7. The lowest BCUT2D eigenvalue weighted by molar-refractivity contribution is -0.306. The summed E-state index contributed by atoms with van der Waals surface area (Å²) in [6, 6.07) is -0.978. The highest BCUT2D eigenvalue weighted by molar-refractivity contribution is 5.77. The zero-order chi connectivity index (χ0) is 35.4. The summed E-state index contributed by atoms with van der Waals surface area (Å²) in [5.74, 6) is -0.716. The minimum Gasteiger partial charge on any atom is -0.481 e. The number of carbonyl (C=O) groups is 2. The fraction of sp³-hybridized carbons (Fsp3) is 0.895. The number of rotatable bonds is 5. The van der Waals surface area contributed by atoms with Crippen LogP contribution in [-0.4, -0.2) is 86.9 Å². The van der Waals surface area contributed by atoms with Gasteiger partial charge in [0.05, 0.1) is 18.8 Å². The van der Waals surface area contributed by atoms with E-state index in [0.717, 1.165) is 44.9 Å². The SMILES string of the molecule is CC(=O)N[C@H]1[C@H](OC2CC[C@@]3(C)C(CC[C@]4(C)[C@@H]3CC=C3[C@H]5CC(C)(C)CC(O)[C@]5(C(=O)O)CC[C@]34C)C2(C)C)O[C@H](CO)[C@@H](O)[C@@H]1O. The molecule has 0 radical (unpaired) electrons. The van der Waals surface area contributed by atoms with Crippen molar-refractivity contribution in [1.29, 1.82) is 0 Å². The maximum atomic E-state index is 13.0. The summed E-state index contributed by atoms with van der Waals surface area (Å²) in [6.07, 6.45) is 3.61. The second kappa shape index (κ2) is 11.7. The molecule has 3 unspecified atom stereocenters. The molecule has 0 spiro atoms. The maximum absolute atomic E-state index is 13.0. The highest BCUT2D eigenvalue weighted by Crippen LogP contribution is 2.76. The molecule has 0 aromatic rings. The third-order valence-corrected chi connectivity index (χ3v) is 15.5. The van der Waals surface area contributed by atoms with Crippen molar-refractivity contribution in [3.63, 3.8) is 0 Å². The molecule has 1 aliphatic heterocycles. The Labute approximate surface area is 286 Å². The van der Waals surface area contributed by atoms with Crippen molar-refractivity contribution in [2.45, 2.75) is 156 Å². The molecular weight excluding hydrogens is 614 g/mol. The van der Waals surface area contributed by atoms with Crippen molar-refractivity contribution in [2.75, 3.05) is 6.61 Å². The number of hydrogen-bond donors (Lipinski definition) is 6. The Morgan fingerprint density at radius 3 is 2.25 bits per heavy atom. The molecule has 0 aromatic carbocycles. The summed E-state index contributed by atoms with van der Waals surface area (Å²) < 4.78 is 12.7. The largest absolute Gasteiger partial charge is 0.481 e. The van der Waals surface area contributed by atoms with E-state index in [4.69, 9.17) is 9.47 Å². The van der Waals surface area contributed by atoms with Gasteiger partial charge in [0.25, 0.3) is 0 Å². The molecule has 6 N–H and O–H groups in total. The van der Waals surface area contributed by atoms with Gasteiger partial charge in [-0.2, -0.15) is 0 Å². The second-order valence-corrected chi connectivity index (χ2v) is 18.7. The van der Waals surface area contributed by atoms with Gasteiger partial charge < -0.3 is 40.3 Å². The molecule has 1 amide bonds. The van der Waals surface area contributed by atoms with Crippen molar-refractivity contribution < 1.29 is 44.6 Å². The summed E-state index contributed by atoms with van der Waals surface area (Å²) in [7, 11) is 0. The number of nitrogens with one attached hydrogen (secondary N) is 1. The van der Waals surface area contributed by atoms with Crippen LogP contribution in [0.25, 0.3) is 0 Å². The van der Waals surface area contributed by atoms with E-state index >= 15 is 0 Å². The van der Waals surface area contributed by atoms with E-state index in [1.54, 1.807) is 0 Å². The van der Waals surface area contributed by atoms with Gasteiger partial charge in [0.15, 0.2) is 6.29 Å². The Kier molecular flexibility index (Phi) is 8.86. The van der Waals surface area contributed by atoms with Crippen LogP contribution in [0.1, 0.15) is 113 Å². The number of aliphatic hydroxyl groups excluding tert-OH is 4. The summed E-state index contributed by atoms with van der Waals surface area (Å²) >= 11 is 0. The Bertz CT molecular complexity index is 1330. The van der Waals surface area contributed by atoms with Gasteiger partial charge >= 0.3 is 5.97 Å². The second-order valence-electron chi connectivity index (χ2n) is 18.7. The van der Waals surface area contributed by atoms with Crippen molar-refractivity contribution in [3.05, 3.63) is 11.6 Å². The van der Waals surface area contributed by atoms with Gasteiger partial charge in [0, 0.05) is 6.92 Å². The topological polar surface area (TPSA) is 166 Å². The lowest BCUT2D eigenvalue weighted by atomic mass is 9.33. The van der Waals surface area contributed by atoms with Gasteiger partial charge in [0.2, 0.25) is 5.91 Å². The molecule has 48 heavy (non-hydrogen) atoms. The smallest absolute Gasteiger partial charge is 0.312 e. The molecule has 272 valence electrons. The number of aliphatic carboxylic acids is 1. The zero-order valence-electron chi connectivity index (χ0n) is 30.3. The monoisotopic (exact) mass is 675 g/mol. The normalized spacial score (nSPS) is 50.9. The first kappa shape index (κ1) is 36.2. The van der Waals surface area contributed by atoms with Crippen molar-refractivity contribution >= 4 is 11.9 Å². The van der Waals surface area contributed by atoms with Crippen LogP contribution in [0.3, 0.4) is 0 Å². The van der Waals surface area contributed by atoms with Crippen LogP contribution in [-0.2, 0) is 19.1 Å². The van der Waals surface area contributed by atoms with Crippen LogP contribution in [0.2, 0.25) is 0 Å². The van der Waals surface area contributed by atoms with Crippen LogP contribution in [0.4, 0.5) is 0 Å². The average Bonchev–Trinajstić information content (AvgIpc) is 2.97. The molecule has 6 rings (SSSR count). The summed E-state index contributed by atoms with van der Waals surface area (Å²) in [5, 5.41) is 56.1. The molecule has 5 fully saturated rings. The number of carboxylic acid groups (broad SMARTS) is 1. The average molecular weight is 676 g/mol. The lowest BCUT2D eigenvalue weighted by Crippen LogP contribution is -2.68.